The summed E-state index contributed by atoms with van der Waals surface area (Å²) in [5.74, 6) is 0.621. The van der Waals surface area contributed by atoms with Crippen molar-refractivity contribution in [3.63, 3.8) is 0 Å². The number of hydrogen-bond donors (Lipinski definition) is 0. The molecule has 0 unspecified atom stereocenters. The van der Waals surface area contributed by atoms with Gasteiger partial charge in [0.1, 0.15) is 0 Å². The summed E-state index contributed by atoms with van der Waals surface area (Å²) in [6.45, 7) is 6.27. The van der Waals surface area contributed by atoms with Crippen molar-refractivity contribution in [3.8, 4) is 0 Å². The monoisotopic (exact) mass is 400 g/mol. The first-order valence-electron chi connectivity index (χ1n) is 9.22. The van der Waals surface area contributed by atoms with E-state index in [1.54, 1.807) is 30.3 Å². The Bertz CT molecular complexity index is 822. The van der Waals surface area contributed by atoms with E-state index in [1.807, 2.05) is 0 Å². The van der Waals surface area contributed by atoms with E-state index < -0.39 is 25.1 Å². The number of sulfone groups is 1. The zero-order valence-electron chi connectivity index (χ0n) is 15.4. The first kappa shape index (κ1) is 19.8. The quantitative estimate of drug-likeness (QED) is 0.767. The Morgan fingerprint density at radius 2 is 1.73 bits per heavy atom. The third kappa shape index (κ3) is 3.98. The highest BCUT2D eigenvalue weighted by Crippen LogP contribution is 2.30. The van der Waals surface area contributed by atoms with Crippen molar-refractivity contribution < 1.29 is 16.8 Å². The summed E-state index contributed by atoms with van der Waals surface area (Å²) in [4.78, 5) is 2.53. The summed E-state index contributed by atoms with van der Waals surface area (Å²) in [5, 5.41) is -0.467. The lowest BCUT2D eigenvalue weighted by Crippen LogP contribution is -2.55. The molecule has 2 atom stereocenters. The van der Waals surface area contributed by atoms with Gasteiger partial charge in [-0.2, -0.15) is 4.31 Å². The highest BCUT2D eigenvalue weighted by atomic mass is 32.2. The summed E-state index contributed by atoms with van der Waals surface area (Å²) < 4.78 is 52.6. The molecule has 2 fully saturated rings. The Balaban J connectivity index is 1.85. The molecule has 8 heteroatoms. The molecule has 1 aromatic rings. The third-order valence-electron chi connectivity index (χ3n) is 5.34. The summed E-state index contributed by atoms with van der Waals surface area (Å²) in [6, 6.07) is 8.29. The minimum atomic E-state index is -3.59. The van der Waals surface area contributed by atoms with Gasteiger partial charge in [0.25, 0.3) is 0 Å². The van der Waals surface area contributed by atoms with E-state index in [0.717, 1.165) is 6.54 Å². The molecule has 0 radical (unpaired) electrons. The minimum Gasteiger partial charge on any atom is -0.298 e. The van der Waals surface area contributed by atoms with E-state index in [-0.39, 0.29) is 23.2 Å². The molecule has 0 amide bonds. The van der Waals surface area contributed by atoms with Crippen LogP contribution in [0.1, 0.15) is 26.7 Å². The van der Waals surface area contributed by atoms with E-state index >= 15 is 0 Å². The maximum atomic E-state index is 12.9. The normalized spacial score (nSPS) is 27.8. The first-order chi connectivity index (χ1) is 12.2. The largest absolute Gasteiger partial charge is 0.298 e. The van der Waals surface area contributed by atoms with Crippen molar-refractivity contribution >= 4 is 19.9 Å². The average Bonchev–Trinajstić information content (AvgIpc) is 2.83. The van der Waals surface area contributed by atoms with Crippen LogP contribution in [0.25, 0.3) is 0 Å². The molecule has 0 aliphatic carbocycles. The number of nitrogens with zero attached hydrogens (tertiary/aromatic N) is 2. The molecule has 2 aliphatic rings. The SMILES string of the molecule is CC(C)CN1CCS(=O)(=O)[C@H]2CCN(S(=O)(=O)c3ccccc3)CC[C@@H]21. The number of benzene rings is 1. The van der Waals surface area contributed by atoms with Gasteiger partial charge >= 0.3 is 0 Å². The average molecular weight is 401 g/mol. The highest BCUT2D eigenvalue weighted by Gasteiger charge is 2.44. The summed E-state index contributed by atoms with van der Waals surface area (Å²) in [6.07, 6.45) is 0.927. The Labute approximate surface area is 157 Å². The van der Waals surface area contributed by atoms with Crippen molar-refractivity contribution in [2.45, 2.75) is 42.9 Å². The van der Waals surface area contributed by atoms with Gasteiger partial charge < -0.3 is 0 Å². The van der Waals surface area contributed by atoms with Gasteiger partial charge in [-0.05, 0) is 30.9 Å². The van der Waals surface area contributed by atoms with Gasteiger partial charge in [-0.15, -0.1) is 0 Å². The van der Waals surface area contributed by atoms with Crippen LogP contribution in [-0.4, -0.2) is 69.3 Å². The molecular formula is C18H28N2O4S2. The van der Waals surface area contributed by atoms with Crippen LogP contribution in [0.2, 0.25) is 0 Å². The van der Waals surface area contributed by atoms with Crippen LogP contribution in [0.3, 0.4) is 0 Å². The van der Waals surface area contributed by atoms with Crippen LogP contribution >= 0.6 is 0 Å². The molecule has 1 aromatic carbocycles. The fourth-order valence-corrected chi connectivity index (χ4v) is 7.65. The van der Waals surface area contributed by atoms with Gasteiger partial charge in [0.05, 0.1) is 15.9 Å². The molecule has 2 aliphatic heterocycles. The molecule has 2 heterocycles. The molecule has 6 nitrogen and oxygen atoms in total. The van der Waals surface area contributed by atoms with E-state index in [4.69, 9.17) is 0 Å². The molecule has 3 rings (SSSR count). The molecule has 0 aromatic heterocycles. The van der Waals surface area contributed by atoms with Crippen LogP contribution in [-0.2, 0) is 19.9 Å². The van der Waals surface area contributed by atoms with Crippen molar-refractivity contribution in [3.05, 3.63) is 30.3 Å². The molecule has 0 saturated carbocycles. The number of rotatable bonds is 4. The molecule has 0 bridgehead atoms. The lowest BCUT2D eigenvalue weighted by Gasteiger charge is -2.40. The maximum absolute atomic E-state index is 12.9. The molecule has 146 valence electrons. The van der Waals surface area contributed by atoms with Gasteiger partial charge in [-0.25, -0.2) is 16.8 Å². The fourth-order valence-electron chi connectivity index (χ4n) is 4.11. The Kier molecular flexibility index (Phi) is 5.77. The summed E-state index contributed by atoms with van der Waals surface area (Å²) >= 11 is 0. The van der Waals surface area contributed by atoms with Crippen LogP contribution in [0.4, 0.5) is 0 Å². The third-order valence-corrected chi connectivity index (χ3v) is 9.48. The molecule has 0 N–H and O–H groups in total. The summed E-state index contributed by atoms with van der Waals surface area (Å²) in [5.41, 5.74) is 0. The van der Waals surface area contributed by atoms with Crippen molar-refractivity contribution in [2.75, 3.05) is 31.9 Å². The predicted octanol–water partition coefficient (Wildman–Crippen LogP) is 1.59. The van der Waals surface area contributed by atoms with E-state index in [2.05, 4.69) is 18.7 Å². The second-order valence-corrected chi connectivity index (χ2v) is 11.9. The Morgan fingerprint density at radius 1 is 1.08 bits per heavy atom. The lowest BCUT2D eigenvalue weighted by molar-refractivity contribution is 0.163. The Hall–Kier alpha value is -0.960. The minimum absolute atomic E-state index is 0.0906. The van der Waals surface area contributed by atoms with Crippen LogP contribution in [0, 0.1) is 5.92 Å². The molecule has 0 spiro atoms. The van der Waals surface area contributed by atoms with Gasteiger partial charge in [0.2, 0.25) is 10.0 Å². The zero-order chi connectivity index (χ0) is 18.9. The second-order valence-electron chi connectivity index (χ2n) is 7.66. The van der Waals surface area contributed by atoms with Crippen molar-refractivity contribution in [2.24, 2.45) is 5.92 Å². The zero-order valence-corrected chi connectivity index (χ0v) is 17.0. The van der Waals surface area contributed by atoms with Crippen LogP contribution in [0.5, 0.6) is 0 Å². The maximum Gasteiger partial charge on any atom is 0.243 e. The lowest BCUT2D eigenvalue weighted by atomic mass is 10.0. The second kappa shape index (κ2) is 7.58. The molecule has 26 heavy (non-hydrogen) atoms. The van der Waals surface area contributed by atoms with Crippen molar-refractivity contribution in [1.82, 2.24) is 9.21 Å². The molecular weight excluding hydrogens is 372 g/mol. The van der Waals surface area contributed by atoms with Gasteiger partial charge in [-0.3, -0.25) is 4.90 Å². The highest BCUT2D eigenvalue weighted by molar-refractivity contribution is 7.92. The smallest absolute Gasteiger partial charge is 0.243 e. The number of sulfonamides is 1. The Morgan fingerprint density at radius 3 is 2.38 bits per heavy atom. The predicted molar refractivity (Wildman–Crippen MR) is 102 cm³/mol. The van der Waals surface area contributed by atoms with Crippen LogP contribution in [0.15, 0.2) is 35.2 Å². The topological polar surface area (TPSA) is 74.8 Å². The number of hydrogen-bond acceptors (Lipinski definition) is 5. The van der Waals surface area contributed by atoms with E-state index in [0.29, 0.717) is 31.8 Å². The fraction of sp³-hybridized carbons (Fsp3) is 0.667. The standard InChI is InChI=1S/C18H28N2O4S2/c1-15(2)14-19-12-13-25(21,22)18-9-11-20(10-8-17(18)19)26(23,24)16-6-4-3-5-7-16/h3-7,15,17-18H,8-14H2,1-2H3/t17-,18-/m0/s1. The van der Waals surface area contributed by atoms with Gasteiger partial charge in [0.15, 0.2) is 9.84 Å². The summed E-state index contributed by atoms with van der Waals surface area (Å²) in [7, 11) is -6.76. The van der Waals surface area contributed by atoms with Gasteiger partial charge in [-0.1, -0.05) is 32.0 Å². The van der Waals surface area contributed by atoms with Gasteiger partial charge in [0, 0.05) is 32.2 Å². The molecule has 2 saturated heterocycles. The number of fused-ring (bicyclic) bond motifs is 1. The van der Waals surface area contributed by atoms with Crippen molar-refractivity contribution in [1.29, 1.82) is 0 Å². The van der Waals surface area contributed by atoms with E-state index in [1.165, 1.54) is 4.31 Å². The van der Waals surface area contributed by atoms with E-state index in [9.17, 15) is 16.8 Å². The first-order valence-corrected chi connectivity index (χ1v) is 12.4. The van der Waals surface area contributed by atoms with Crippen LogP contribution < -0.4 is 0 Å².